The number of aromatic amines is 1. The molecule has 2 heterocycles. The highest BCUT2D eigenvalue weighted by molar-refractivity contribution is 5.15. The fourth-order valence-electron chi connectivity index (χ4n) is 4.34. The van der Waals surface area contributed by atoms with Crippen molar-refractivity contribution in [3.05, 3.63) is 117 Å². The highest BCUT2D eigenvalue weighted by atomic mass is 16.6. The fourth-order valence-corrected chi connectivity index (χ4v) is 4.34. The number of ether oxygens (including phenoxy) is 3. The van der Waals surface area contributed by atoms with Gasteiger partial charge in [0.05, 0.1) is 19.8 Å². The van der Waals surface area contributed by atoms with Crippen molar-refractivity contribution in [1.82, 2.24) is 9.55 Å². The van der Waals surface area contributed by atoms with E-state index >= 15 is 0 Å². The summed E-state index contributed by atoms with van der Waals surface area (Å²) in [6, 6.07) is 19.3. The minimum Gasteiger partial charge on any atom is -0.386 e. The van der Waals surface area contributed by atoms with Crippen LogP contribution < -0.4 is 11.2 Å². The van der Waals surface area contributed by atoms with E-state index in [-0.39, 0.29) is 13.2 Å². The summed E-state index contributed by atoms with van der Waals surface area (Å²) in [7, 11) is 0. The molecular formula is C27H30N2O6. The first-order valence-electron chi connectivity index (χ1n) is 11.5. The number of rotatable bonds is 10. The van der Waals surface area contributed by atoms with E-state index in [0.29, 0.717) is 18.6 Å². The van der Waals surface area contributed by atoms with Gasteiger partial charge >= 0.3 is 5.69 Å². The molecule has 2 N–H and O–H groups in total. The Labute approximate surface area is 203 Å². The monoisotopic (exact) mass is 478 g/mol. The third-order valence-corrected chi connectivity index (χ3v) is 6.12. The molecule has 1 aromatic heterocycles. The van der Waals surface area contributed by atoms with Crippen molar-refractivity contribution in [3.8, 4) is 0 Å². The average molecular weight is 479 g/mol. The lowest BCUT2D eigenvalue weighted by atomic mass is 9.92. The molecule has 1 fully saturated rings. The van der Waals surface area contributed by atoms with Crippen molar-refractivity contribution in [2.45, 2.75) is 50.6 Å². The first-order chi connectivity index (χ1) is 16.9. The second-order valence-corrected chi connectivity index (χ2v) is 8.73. The van der Waals surface area contributed by atoms with Gasteiger partial charge in [0.15, 0.2) is 6.23 Å². The highest BCUT2D eigenvalue weighted by Gasteiger charge is 2.56. The number of nitrogens with one attached hydrogen (secondary N) is 1. The Morgan fingerprint density at radius 3 is 2.34 bits per heavy atom. The molecule has 4 atom stereocenters. The Morgan fingerprint density at radius 1 is 1.09 bits per heavy atom. The second kappa shape index (κ2) is 11.0. The summed E-state index contributed by atoms with van der Waals surface area (Å²) in [6.45, 7) is 6.12. The lowest BCUT2D eigenvalue weighted by Crippen LogP contribution is -2.48. The topological polar surface area (TPSA) is 103 Å². The van der Waals surface area contributed by atoms with Crippen LogP contribution in [0.25, 0.3) is 0 Å². The summed E-state index contributed by atoms with van der Waals surface area (Å²) in [5, 5.41) is 11.4. The van der Waals surface area contributed by atoms with Crippen LogP contribution in [-0.2, 0) is 27.4 Å². The van der Waals surface area contributed by atoms with Crippen molar-refractivity contribution < 1.29 is 19.3 Å². The van der Waals surface area contributed by atoms with Crippen LogP contribution in [0.1, 0.15) is 29.3 Å². The van der Waals surface area contributed by atoms with Crippen molar-refractivity contribution in [1.29, 1.82) is 0 Å². The maximum Gasteiger partial charge on any atom is 0.330 e. The molecule has 1 aliphatic rings. The zero-order chi connectivity index (χ0) is 24.8. The standard InChI is InChI=1S/C27H30N2O6/c1-3-14-27(18-33-16-20-10-6-4-7-11-20)23(34-17-21-12-8-5-9-13-21)22(30)25(35-27)29-15-19(2)24(31)28-26(29)32/h3-13,15,22-23,25,30H,1,14,16-18H2,2H3,(H,28,31,32)/t22?,23-,25-,27-/m1/s1. The number of hydrogen-bond donors (Lipinski definition) is 2. The minimum absolute atomic E-state index is 0.0953. The van der Waals surface area contributed by atoms with Crippen LogP contribution in [0.4, 0.5) is 0 Å². The molecule has 2 aromatic carbocycles. The molecule has 4 rings (SSSR count). The van der Waals surface area contributed by atoms with Gasteiger partial charge in [-0.25, -0.2) is 4.79 Å². The number of aryl methyl sites for hydroxylation is 1. The van der Waals surface area contributed by atoms with Gasteiger partial charge in [0.1, 0.15) is 17.8 Å². The molecule has 8 nitrogen and oxygen atoms in total. The molecule has 35 heavy (non-hydrogen) atoms. The van der Waals surface area contributed by atoms with Crippen molar-refractivity contribution in [3.63, 3.8) is 0 Å². The molecule has 8 heteroatoms. The number of nitrogens with zero attached hydrogens (tertiary/aromatic N) is 1. The van der Waals surface area contributed by atoms with Gasteiger partial charge in [0, 0.05) is 11.8 Å². The van der Waals surface area contributed by atoms with E-state index < -0.39 is 35.3 Å². The van der Waals surface area contributed by atoms with E-state index in [1.165, 1.54) is 10.8 Å². The van der Waals surface area contributed by atoms with E-state index in [9.17, 15) is 14.7 Å². The number of hydrogen-bond acceptors (Lipinski definition) is 6. The molecule has 184 valence electrons. The highest BCUT2D eigenvalue weighted by Crippen LogP contribution is 2.42. The summed E-state index contributed by atoms with van der Waals surface area (Å²) >= 11 is 0. The Balaban J connectivity index is 1.64. The third-order valence-electron chi connectivity index (χ3n) is 6.12. The van der Waals surface area contributed by atoms with Gasteiger partial charge in [-0.2, -0.15) is 0 Å². The Morgan fingerprint density at radius 2 is 1.71 bits per heavy atom. The van der Waals surface area contributed by atoms with Crippen molar-refractivity contribution >= 4 is 0 Å². The van der Waals surface area contributed by atoms with Crippen molar-refractivity contribution in [2.75, 3.05) is 6.61 Å². The maximum atomic E-state index is 12.6. The van der Waals surface area contributed by atoms with Crippen LogP contribution in [0.3, 0.4) is 0 Å². The molecular weight excluding hydrogens is 448 g/mol. The van der Waals surface area contributed by atoms with E-state index in [1.54, 1.807) is 13.0 Å². The Bertz CT molecular complexity index is 1240. The van der Waals surface area contributed by atoms with E-state index in [0.717, 1.165) is 11.1 Å². The molecule has 1 unspecified atom stereocenters. The molecule has 0 bridgehead atoms. The predicted molar refractivity (Wildman–Crippen MR) is 131 cm³/mol. The van der Waals surface area contributed by atoms with Crippen LogP contribution in [-0.4, -0.2) is 39.1 Å². The van der Waals surface area contributed by atoms with Gasteiger partial charge < -0.3 is 19.3 Å². The summed E-state index contributed by atoms with van der Waals surface area (Å²) in [5.41, 5.74) is -0.0313. The summed E-state index contributed by atoms with van der Waals surface area (Å²) < 4.78 is 19.8. The minimum atomic E-state index is -1.21. The summed E-state index contributed by atoms with van der Waals surface area (Å²) in [6.07, 6.45) is 0.256. The van der Waals surface area contributed by atoms with Crippen LogP contribution in [0, 0.1) is 6.92 Å². The molecule has 3 aromatic rings. The van der Waals surface area contributed by atoms with Crippen LogP contribution in [0.2, 0.25) is 0 Å². The van der Waals surface area contributed by atoms with Gasteiger partial charge in [-0.1, -0.05) is 66.7 Å². The van der Waals surface area contributed by atoms with E-state index in [1.807, 2.05) is 60.7 Å². The fraction of sp³-hybridized carbons (Fsp3) is 0.333. The number of benzene rings is 2. The normalized spacial score (nSPS) is 23.9. The van der Waals surface area contributed by atoms with Crippen molar-refractivity contribution in [2.24, 2.45) is 0 Å². The maximum absolute atomic E-state index is 12.6. The smallest absolute Gasteiger partial charge is 0.330 e. The van der Waals surface area contributed by atoms with E-state index in [2.05, 4.69) is 11.6 Å². The molecule has 1 aliphatic heterocycles. The zero-order valence-electron chi connectivity index (χ0n) is 19.6. The van der Waals surface area contributed by atoms with Crippen LogP contribution >= 0.6 is 0 Å². The van der Waals surface area contributed by atoms with Gasteiger partial charge in [-0.3, -0.25) is 14.3 Å². The molecule has 0 aliphatic carbocycles. The largest absolute Gasteiger partial charge is 0.386 e. The van der Waals surface area contributed by atoms with E-state index in [4.69, 9.17) is 14.2 Å². The van der Waals surface area contributed by atoms with Gasteiger partial charge in [0.25, 0.3) is 5.56 Å². The van der Waals surface area contributed by atoms with Crippen LogP contribution in [0.5, 0.6) is 0 Å². The molecule has 0 spiro atoms. The Hall–Kier alpha value is -3.30. The van der Waals surface area contributed by atoms with Gasteiger partial charge in [-0.15, -0.1) is 6.58 Å². The Kier molecular flexibility index (Phi) is 7.77. The molecule has 0 saturated carbocycles. The lowest BCUT2D eigenvalue weighted by molar-refractivity contribution is -0.155. The molecule has 0 amide bonds. The quantitative estimate of drug-likeness (QED) is 0.435. The summed E-state index contributed by atoms with van der Waals surface area (Å²) in [4.78, 5) is 26.8. The molecule has 0 radical (unpaired) electrons. The SMILES string of the molecule is C=CC[C@]1(COCc2ccccc2)O[C@@H](n2cc(C)c(=O)[nH]c2=O)C(O)[C@H]1OCc1ccccc1. The zero-order valence-corrected chi connectivity index (χ0v) is 19.6. The number of aliphatic hydroxyl groups is 1. The number of aromatic nitrogens is 2. The van der Waals surface area contributed by atoms with Gasteiger partial charge in [-0.05, 0) is 24.5 Å². The van der Waals surface area contributed by atoms with Crippen LogP contribution in [0.15, 0.2) is 89.1 Å². The first kappa shape index (κ1) is 24.8. The van der Waals surface area contributed by atoms with Gasteiger partial charge in [0.2, 0.25) is 0 Å². The third kappa shape index (κ3) is 5.52. The number of aliphatic hydroxyl groups excluding tert-OH is 1. The average Bonchev–Trinajstić information content (AvgIpc) is 3.12. The number of H-pyrrole nitrogens is 1. The summed E-state index contributed by atoms with van der Waals surface area (Å²) in [5.74, 6) is 0. The second-order valence-electron chi connectivity index (χ2n) is 8.73. The predicted octanol–water partition coefficient (Wildman–Crippen LogP) is 2.85. The first-order valence-corrected chi connectivity index (χ1v) is 11.5. The lowest BCUT2D eigenvalue weighted by Gasteiger charge is -2.33. The molecule has 1 saturated heterocycles.